The number of aromatic nitrogens is 2. The summed E-state index contributed by atoms with van der Waals surface area (Å²) in [7, 11) is 1.64. The van der Waals surface area contributed by atoms with Crippen molar-refractivity contribution in [1.82, 2.24) is 88.5 Å². The van der Waals surface area contributed by atoms with E-state index in [0.717, 1.165) is 21.6 Å². The van der Waals surface area contributed by atoms with Crippen LogP contribution in [0.4, 0.5) is 0 Å². The maximum absolute atomic E-state index is 15.5. The molecule has 0 aliphatic carbocycles. The number of likely N-dealkylation sites (tertiary alicyclic amines) is 2. The summed E-state index contributed by atoms with van der Waals surface area (Å²) in [6.45, 7) is 1.77. The predicted octanol–water partition coefficient (Wildman–Crippen LogP) is -5.40. The van der Waals surface area contributed by atoms with E-state index < -0.39 is 229 Å². The number of rotatable bonds is 35. The Morgan fingerprint density at radius 2 is 1.13 bits per heavy atom. The smallest absolute Gasteiger partial charge is 0.326 e. The van der Waals surface area contributed by atoms with E-state index in [0.29, 0.717) is 29.7 Å². The fourth-order valence-corrected chi connectivity index (χ4v) is 16.9. The summed E-state index contributed by atoms with van der Waals surface area (Å²) in [4.78, 5) is 241. The number of amides is 15. The molecule has 4 aromatic rings. The number of aliphatic hydroxyl groups excluding tert-OH is 1. The van der Waals surface area contributed by atoms with Crippen molar-refractivity contribution in [3.8, 4) is 17.2 Å². The number of aromatic amines is 1. The molecule has 4 saturated heterocycles. The summed E-state index contributed by atoms with van der Waals surface area (Å²) in [6.07, 6.45) is 1.95. The van der Waals surface area contributed by atoms with Crippen LogP contribution >= 0.6 is 21.6 Å². The molecule has 125 heavy (non-hydrogen) atoms. The fourth-order valence-electron chi connectivity index (χ4n) is 14.6. The number of carbonyl (C=O) groups is 16. The van der Waals surface area contributed by atoms with E-state index >= 15 is 28.8 Å². The maximum Gasteiger partial charge on any atom is 0.326 e. The first kappa shape index (κ1) is 98.1. The van der Waals surface area contributed by atoms with Crippen LogP contribution in [0.5, 0.6) is 17.2 Å². The maximum atomic E-state index is 15.5. The van der Waals surface area contributed by atoms with Crippen molar-refractivity contribution in [1.29, 1.82) is 5.41 Å². The second-order valence-corrected chi connectivity index (χ2v) is 33.5. The summed E-state index contributed by atoms with van der Waals surface area (Å²) in [5.41, 5.74) is 24.5. The minimum atomic E-state index is -1.80. The Kier molecular flexibility index (Phi) is 37.7. The summed E-state index contributed by atoms with van der Waals surface area (Å²) in [6, 6.07) is -5.93. The van der Waals surface area contributed by atoms with Crippen molar-refractivity contribution in [2.24, 2.45) is 22.9 Å². The van der Waals surface area contributed by atoms with Crippen molar-refractivity contribution >= 4 is 122 Å². The van der Waals surface area contributed by atoms with Crippen LogP contribution in [-0.2, 0) is 102 Å². The van der Waals surface area contributed by atoms with Gasteiger partial charge in [0.15, 0.2) is 5.96 Å². The largest absolute Gasteiger partial charge is 0.508 e. The first-order valence-electron chi connectivity index (χ1n) is 41.1. The van der Waals surface area contributed by atoms with Gasteiger partial charge in [0.05, 0.1) is 24.7 Å². The molecule has 27 N–H and O–H groups in total. The molecule has 0 saturated carbocycles. The van der Waals surface area contributed by atoms with Crippen molar-refractivity contribution in [3.05, 3.63) is 108 Å². The summed E-state index contributed by atoms with van der Waals surface area (Å²) < 4.78 is 0. The van der Waals surface area contributed by atoms with Crippen molar-refractivity contribution in [3.63, 3.8) is 0 Å². The van der Waals surface area contributed by atoms with Crippen LogP contribution in [0.2, 0.25) is 0 Å². The lowest BCUT2D eigenvalue weighted by molar-refractivity contribution is -0.148. The number of carboxylic acid groups (broad SMARTS) is 1. The van der Waals surface area contributed by atoms with E-state index in [-0.39, 0.29) is 133 Å². The Morgan fingerprint density at radius 3 is 1.71 bits per heavy atom. The number of fused-ring (bicyclic) bond motifs is 1. The third-order valence-electron chi connectivity index (χ3n) is 21.4. The van der Waals surface area contributed by atoms with Crippen LogP contribution in [0.1, 0.15) is 120 Å². The highest BCUT2D eigenvalue weighted by Gasteiger charge is 2.46. The number of H-pyrrole nitrogens is 1. The Labute approximate surface area is 727 Å². The lowest BCUT2D eigenvalue weighted by atomic mass is 10.0. The Hall–Kier alpha value is -12.4. The zero-order valence-corrected chi connectivity index (χ0v) is 70.7. The number of aliphatic carboxylic acids is 1. The number of aromatic hydroxyl groups is 3. The van der Waals surface area contributed by atoms with E-state index in [1.807, 2.05) is 0 Å². The second-order valence-electron chi connectivity index (χ2n) is 30.9. The number of hydrogen-bond donors (Lipinski definition) is 23. The highest BCUT2D eigenvalue weighted by Crippen LogP contribution is 2.29. The number of hydrogen-bond acceptors (Lipinski definition) is 26. The van der Waals surface area contributed by atoms with Gasteiger partial charge in [-0.15, -0.1) is 0 Å². The molecule has 0 bridgehead atoms. The van der Waals surface area contributed by atoms with Gasteiger partial charge in [-0.2, -0.15) is 0 Å². The average Bonchev–Trinajstić information content (AvgIpc) is 1.67. The molecule has 4 aliphatic heterocycles. The van der Waals surface area contributed by atoms with E-state index in [4.69, 9.17) is 28.3 Å². The number of nitrogens with one attached hydrogen (secondary N) is 14. The molecular weight excluding hydrogens is 1670 g/mol. The number of carboxylic acids is 1. The SMILES string of the molecule is C[C@H](N)C(=O)NC1CSSC[C@@H](C(=O)N[C@@H](Cc2ccc(O)cc2)C(=O)N[C@@H](CCC(N)=O)C(=O)N[C@@H](CCCCN)C(=O)N2CCC[C@H]2C(=O)N2CCC[C@H]2C(=O)N[C@@H](Cc2ccc(O)cc2)C(=O)N[C@@H](Cc2c[nH]cn2)C(=O)O)NC(=O)C(Cc2ccc(O)cc2)NC(=O)[C@H](CCCNC(=N)N)NC(=O)[C@@H]2CCCN2C(=O)[C@H](C)NC(=O)[C@H](CO)NC1=O. The predicted molar refractivity (Wildman–Crippen MR) is 453 cm³/mol. The standard InChI is InChI=1S/C80H112N22O21S2/c1-42(82)65(108)98-59-39-124-125-40-60(99-70(113)55(34-45-16-22-49(105)23-17-45)93-66(109)51(10-5-29-87-80(84)85)91-74(117)61-11-6-30-100(61)76(119)43(2)89-71(114)58(38-103)97-73(59)116)72(115)94-54(33-44-14-20-48(104)21-15-44)68(111)90-52(26-27-64(83)107)67(110)92-53(9-3-4-28-81)77(120)102-32-8-13-63(102)78(121)101-31-7-12-62(101)75(118)95-56(35-46-18-24-50(106)25-19-46)69(112)96-57(79(122)123)36-47-37-86-41-88-47/h14-25,37,41-43,51-63,103-106H,3-13,26-36,38-40,81-82H2,1-2H3,(H2,83,107)(H,86,88)(H,89,114)(H,90,111)(H,91,117)(H,92,110)(H,93,109)(H,94,115)(H,95,118)(H,96,112)(H,97,116)(H,98,108)(H,99,113)(H,122,123)(H4,84,85,87)/t42-,43-,51-,52-,53-,54-,55?,56-,57-,58-,59?,60-,61-,62-,63-/m0/s1. The molecule has 2 unspecified atom stereocenters. The van der Waals surface area contributed by atoms with Gasteiger partial charge in [0, 0.05) is 76.0 Å². The van der Waals surface area contributed by atoms with Gasteiger partial charge >= 0.3 is 5.97 Å². The van der Waals surface area contributed by atoms with Gasteiger partial charge in [-0.05, 0) is 151 Å². The third-order valence-corrected chi connectivity index (χ3v) is 23.8. The van der Waals surface area contributed by atoms with Gasteiger partial charge in [0.2, 0.25) is 88.6 Å². The first-order valence-corrected chi connectivity index (χ1v) is 43.6. The molecule has 15 amide bonds. The molecule has 4 fully saturated rings. The van der Waals surface area contributed by atoms with Crippen LogP contribution < -0.4 is 86.7 Å². The summed E-state index contributed by atoms with van der Waals surface area (Å²) >= 11 is 0. The van der Waals surface area contributed by atoms with Gasteiger partial charge < -0.3 is 132 Å². The van der Waals surface area contributed by atoms with Crippen LogP contribution in [0.3, 0.4) is 0 Å². The van der Waals surface area contributed by atoms with E-state index in [9.17, 15) is 73.5 Å². The number of phenolic OH excluding ortho intramolecular Hbond substituents is 3. The number of unbranched alkanes of at least 4 members (excludes halogenated alkanes) is 1. The van der Waals surface area contributed by atoms with Crippen LogP contribution in [0.15, 0.2) is 85.3 Å². The zero-order valence-electron chi connectivity index (χ0n) is 69.1. The molecule has 15 atom stereocenters. The normalized spacial score (nSPS) is 22.0. The lowest BCUT2D eigenvalue weighted by Gasteiger charge is -2.34. The monoisotopic (exact) mass is 1780 g/mol. The number of aliphatic hydroxyl groups is 1. The first-order chi connectivity index (χ1) is 59.6. The van der Waals surface area contributed by atoms with Crippen LogP contribution in [0, 0.1) is 5.41 Å². The highest BCUT2D eigenvalue weighted by atomic mass is 33.1. The Morgan fingerprint density at radius 1 is 0.584 bits per heavy atom. The molecule has 45 heteroatoms. The van der Waals surface area contributed by atoms with Crippen molar-refractivity contribution in [2.45, 2.75) is 214 Å². The minimum Gasteiger partial charge on any atom is -0.508 e. The number of phenols is 3. The van der Waals surface area contributed by atoms with Gasteiger partial charge in [0.25, 0.3) is 0 Å². The zero-order chi connectivity index (χ0) is 91.1. The lowest BCUT2D eigenvalue weighted by Crippen LogP contribution is -2.61. The molecule has 3 aromatic carbocycles. The molecule has 5 heterocycles. The number of imidazole rings is 1. The van der Waals surface area contributed by atoms with Gasteiger partial charge in [0.1, 0.15) is 102 Å². The summed E-state index contributed by atoms with van der Waals surface area (Å²) in [5.74, 6) is -17.1. The number of primary amides is 1. The molecular formula is C80H112N22O21S2. The number of nitrogens with zero attached hydrogens (tertiary/aromatic N) is 4. The number of nitrogens with two attached hydrogens (primary N) is 4. The minimum absolute atomic E-state index is 0.00889. The number of carbonyl (C=O) groups excluding carboxylic acids is 15. The van der Waals surface area contributed by atoms with Gasteiger partial charge in [-0.3, -0.25) is 77.3 Å². The van der Waals surface area contributed by atoms with Gasteiger partial charge in [-0.1, -0.05) is 58.0 Å². The molecule has 8 rings (SSSR count). The molecule has 0 radical (unpaired) electrons. The quantitative estimate of drug-likeness (QED) is 0.00885. The van der Waals surface area contributed by atoms with Crippen molar-refractivity contribution in [2.75, 3.05) is 50.8 Å². The third kappa shape index (κ3) is 29.7. The molecule has 4 aliphatic rings. The molecule has 1 aromatic heterocycles. The van der Waals surface area contributed by atoms with E-state index in [2.05, 4.69) is 73.8 Å². The van der Waals surface area contributed by atoms with Gasteiger partial charge in [-0.25, -0.2) is 9.78 Å². The average molecular weight is 1780 g/mol. The Balaban J connectivity index is 1.09. The highest BCUT2D eigenvalue weighted by molar-refractivity contribution is 8.76. The topological polar surface area (TPSA) is 685 Å². The van der Waals surface area contributed by atoms with Crippen molar-refractivity contribution < 1.29 is 102 Å². The van der Waals surface area contributed by atoms with Crippen LogP contribution in [0.25, 0.3) is 0 Å². The van der Waals surface area contributed by atoms with E-state index in [1.165, 1.54) is 114 Å². The van der Waals surface area contributed by atoms with Crippen LogP contribution in [-0.4, -0.2) is 292 Å². The number of guanidine groups is 1. The molecule has 0 spiro atoms. The Bertz CT molecular complexity index is 4460. The van der Waals surface area contributed by atoms with E-state index in [1.54, 1.807) is 0 Å². The molecule has 680 valence electrons. The number of benzene rings is 3. The molecule has 43 nitrogen and oxygen atoms in total. The fraction of sp³-hybridized carbons (Fsp3) is 0.525. The summed E-state index contributed by atoms with van der Waals surface area (Å²) in [5, 5.41) is 90.2. The second kappa shape index (κ2) is 48.1.